The van der Waals surface area contributed by atoms with Crippen molar-refractivity contribution in [2.45, 2.75) is 200 Å². The Kier molecular flexibility index (Phi) is 40.0. The first-order valence-corrected chi connectivity index (χ1v) is 21.1. The van der Waals surface area contributed by atoms with E-state index in [1.807, 2.05) is 0 Å². The summed E-state index contributed by atoms with van der Waals surface area (Å²) in [7, 11) is -5.00. The number of esters is 2. The van der Waals surface area contributed by atoms with Crippen LogP contribution in [0.4, 0.5) is 0 Å². The number of hydrogen-bond acceptors (Lipinski definition) is 7. The number of rotatable bonds is 36. The molecule has 0 rings (SSSR count). The second-order valence-electron chi connectivity index (χ2n) is 13.2. The van der Waals surface area contributed by atoms with Crippen LogP contribution in [-0.4, -0.2) is 36.1 Å². The normalized spacial score (nSPS) is 13.4. The molecule has 0 heterocycles. The van der Waals surface area contributed by atoms with Crippen molar-refractivity contribution in [2.75, 3.05) is 13.2 Å². The first-order valence-electron chi connectivity index (χ1n) is 19.6. The van der Waals surface area contributed by atoms with E-state index in [1.54, 1.807) is 0 Å². The molecule has 0 aromatic heterocycles. The van der Waals surface area contributed by atoms with Crippen molar-refractivity contribution < 1.29 is 67.5 Å². The molecule has 10 heteroatoms. The number of hydrogen-bond donors (Lipinski definition) is 1. The monoisotopic (exact) mass is 722 g/mol. The van der Waals surface area contributed by atoms with Gasteiger partial charge in [0.2, 0.25) is 0 Å². The van der Waals surface area contributed by atoms with Crippen LogP contribution in [0.3, 0.4) is 0 Å². The second kappa shape index (κ2) is 38.8. The Morgan fingerprint density at radius 3 is 1.45 bits per heavy atom. The molecule has 0 bridgehead atoms. The van der Waals surface area contributed by atoms with Gasteiger partial charge in [0.25, 0.3) is 7.82 Å². The molecule has 0 aliphatic carbocycles. The zero-order valence-electron chi connectivity index (χ0n) is 31.9. The van der Waals surface area contributed by atoms with Crippen LogP contribution in [0.25, 0.3) is 0 Å². The molecule has 49 heavy (non-hydrogen) atoms. The molecule has 0 aromatic carbocycles. The maximum absolute atomic E-state index is 12.3. The van der Waals surface area contributed by atoms with E-state index in [9.17, 15) is 19.0 Å². The van der Waals surface area contributed by atoms with E-state index in [2.05, 4.69) is 42.7 Å². The molecule has 0 amide bonds. The van der Waals surface area contributed by atoms with Gasteiger partial charge in [-0.15, -0.1) is 0 Å². The van der Waals surface area contributed by atoms with E-state index >= 15 is 0 Å². The predicted octanol–water partition coefficient (Wildman–Crippen LogP) is 8.00. The van der Waals surface area contributed by atoms with Crippen molar-refractivity contribution in [1.82, 2.24) is 0 Å². The van der Waals surface area contributed by atoms with Crippen molar-refractivity contribution in [3.8, 4) is 0 Å². The quantitative estimate of drug-likeness (QED) is 0.0227. The maximum Gasteiger partial charge on any atom is 1.00 e. The van der Waals surface area contributed by atoms with Gasteiger partial charge in [-0.25, -0.2) is 0 Å². The molecule has 2 unspecified atom stereocenters. The molecule has 0 aromatic rings. The molecule has 0 aliphatic rings. The van der Waals surface area contributed by atoms with Crippen LogP contribution in [0, 0.1) is 0 Å². The Bertz CT molecular complexity index is 845. The minimum Gasteiger partial charge on any atom is -0.756 e. The number of carbonyl (C=O) groups excluding carboxylic acids is 2. The molecular formula is C39H72NaO8P. The van der Waals surface area contributed by atoms with Crippen molar-refractivity contribution in [3.63, 3.8) is 0 Å². The van der Waals surface area contributed by atoms with Crippen molar-refractivity contribution in [1.29, 1.82) is 0 Å². The summed E-state index contributed by atoms with van der Waals surface area (Å²) < 4.78 is 26.0. The SMILES string of the molecule is CCCCC/C=C/C/C=C/CCCCCCCC(=O)OC(COC(=O)CCCCCCCCCCCCCCCCC)COP(=O)([O-])O.[Na+]. The van der Waals surface area contributed by atoms with Crippen LogP contribution in [0.1, 0.15) is 194 Å². The van der Waals surface area contributed by atoms with Gasteiger partial charge in [0.15, 0.2) is 6.10 Å². The molecule has 8 nitrogen and oxygen atoms in total. The summed E-state index contributed by atoms with van der Waals surface area (Å²) in [5.41, 5.74) is 0. The molecule has 0 spiro atoms. The Morgan fingerprint density at radius 2 is 0.980 bits per heavy atom. The summed E-state index contributed by atoms with van der Waals surface area (Å²) in [5, 5.41) is 0. The van der Waals surface area contributed by atoms with Gasteiger partial charge < -0.3 is 23.8 Å². The van der Waals surface area contributed by atoms with E-state index in [0.29, 0.717) is 6.42 Å². The van der Waals surface area contributed by atoms with E-state index in [0.717, 1.165) is 57.8 Å². The van der Waals surface area contributed by atoms with Gasteiger partial charge in [-0.2, -0.15) is 0 Å². The van der Waals surface area contributed by atoms with Crippen LogP contribution < -0.4 is 34.5 Å². The van der Waals surface area contributed by atoms with Crippen molar-refractivity contribution in [2.24, 2.45) is 0 Å². The standard InChI is InChI=1S/C39H73O8P.Na/c1-3-5-7-9-11-13-15-17-19-21-23-25-27-29-31-33-38(40)45-35-37(36-46-48(42,43)44)47-39(41)34-32-30-28-26-24-22-20-18-16-14-12-10-8-6-4-2;/h12,14,18,20,37H,3-11,13,15-17,19,21-36H2,1-2H3,(H2,42,43,44);/q;+1/p-1/b14-12+,20-18+;. The number of phosphoric ester groups is 1. The molecule has 0 radical (unpaired) electrons. The Balaban J connectivity index is 0. The number of phosphoric acid groups is 1. The van der Waals surface area contributed by atoms with Gasteiger partial charge in [-0.1, -0.05) is 160 Å². The largest absolute Gasteiger partial charge is 1.00 e. The second-order valence-corrected chi connectivity index (χ2v) is 14.4. The van der Waals surface area contributed by atoms with Gasteiger partial charge in [0, 0.05) is 12.8 Å². The van der Waals surface area contributed by atoms with Gasteiger partial charge >= 0.3 is 41.5 Å². The molecule has 2 atom stereocenters. The van der Waals surface area contributed by atoms with Crippen LogP contribution in [-0.2, 0) is 28.2 Å². The third-order valence-electron chi connectivity index (χ3n) is 8.47. The van der Waals surface area contributed by atoms with Crippen LogP contribution in [0.2, 0.25) is 0 Å². The molecule has 0 saturated carbocycles. The smallest absolute Gasteiger partial charge is 0.756 e. The zero-order valence-corrected chi connectivity index (χ0v) is 34.7. The molecule has 282 valence electrons. The van der Waals surface area contributed by atoms with Crippen molar-refractivity contribution in [3.05, 3.63) is 24.3 Å². The van der Waals surface area contributed by atoms with E-state index in [-0.39, 0.29) is 49.0 Å². The molecular weight excluding hydrogens is 650 g/mol. The van der Waals surface area contributed by atoms with Gasteiger partial charge in [0.1, 0.15) is 6.61 Å². The molecule has 1 N–H and O–H groups in total. The summed E-state index contributed by atoms with van der Waals surface area (Å²) in [6.45, 7) is 3.56. The molecule has 0 fully saturated rings. The average Bonchev–Trinajstić information content (AvgIpc) is 3.05. The first-order chi connectivity index (χ1) is 23.3. The summed E-state index contributed by atoms with van der Waals surface area (Å²) in [6.07, 6.45) is 38.7. The fraction of sp³-hybridized carbons (Fsp3) is 0.846. The maximum atomic E-state index is 12.3. The number of carbonyl (C=O) groups is 2. The Morgan fingerprint density at radius 1 is 0.592 bits per heavy atom. The minimum absolute atomic E-state index is 0. The summed E-state index contributed by atoms with van der Waals surface area (Å²) in [5.74, 6) is -0.930. The first kappa shape index (κ1) is 50.6. The number of unbranched alkanes of at least 4 members (excludes halogenated alkanes) is 22. The zero-order chi connectivity index (χ0) is 35.4. The fourth-order valence-corrected chi connectivity index (χ4v) is 5.87. The topological polar surface area (TPSA) is 122 Å². The minimum atomic E-state index is -5.00. The predicted molar refractivity (Wildman–Crippen MR) is 196 cm³/mol. The Hall–Kier alpha value is -0.470. The van der Waals surface area contributed by atoms with Gasteiger partial charge in [-0.3, -0.25) is 14.2 Å². The average molecular weight is 723 g/mol. The van der Waals surface area contributed by atoms with Crippen molar-refractivity contribution >= 4 is 19.8 Å². The Labute approximate surface area is 322 Å². The van der Waals surface area contributed by atoms with Gasteiger partial charge in [-0.05, 0) is 44.9 Å². The molecule has 0 aliphatic heterocycles. The van der Waals surface area contributed by atoms with Crippen LogP contribution in [0.15, 0.2) is 24.3 Å². The van der Waals surface area contributed by atoms with Gasteiger partial charge in [0.05, 0.1) is 6.61 Å². The number of ether oxygens (including phenoxy) is 2. The fourth-order valence-electron chi connectivity index (χ4n) is 5.52. The summed E-state index contributed by atoms with van der Waals surface area (Å²) >= 11 is 0. The third kappa shape index (κ3) is 41.8. The van der Waals surface area contributed by atoms with Crippen LogP contribution >= 0.6 is 7.82 Å². The summed E-state index contributed by atoms with van der Waals surface area (Å²) in [6, 6.07) is 0. The number of allylic oxidation sites excluding steroid dienone is 4. The van der Waals surface area contributed by atoms with E-state index < -0.39 is 32.5 Å². The van der Waals surface area contributed by atoms with E-state index in [4.69, 9.17) is 14.4 Å². The molecule has 0 saturated heterocycles. The van der Waals surface area contributed by atoms with Crippen LogP contribution in [0.5, 0.6) is 0 Å². The third-order valence-corrected chi connectivity index (χ3v) is 8.94. The summed E-state index contributed by atoms with van der Waals surface area (Å²) in [4.78, 5) is 44.6. The van der Waals surface area contributed by atoms with E-state index in [1.165, 1.54) is 103 Å².